The van der Waals surface area contributed by atoms with Gasteiger partial charge in [-0.3, -0.25) is 0 Å². The fourth-order valence-electron chi connectivity index (χ4n) is 0.962. The maximum Gasteiger partial charge on any atom is 0.490 e. The molecule has 15 heavy (non-hydrogen) atoms. The zero-order valence-corrected chi connectivity index (χ0v) is 7.77. The topological polar surface area (TPSA) is 40.5 Å². The maximum atomic E-state index is 12.9. The summed E-state index contributed by atoms with van der Waals surface area (Å²) in [6.45, 7) is 0. The molecule has 0 amide bonds. The minimum Gasteiger partial charge on any atom is -0.423 e. The Balaban J connectivity index is 3.36. The Morgan fingerprint density at radius 3 is 2.13 bits per heavy atom. The number of rotatable bonds is 1. The van der Waals surface area contributed by atoms with Gasteiger partial charge in [0.2, 0.25) is 0 Å². The lowest BCUT2D eigenvalue weighted by molar-refractivity contribution is -0.137. The molecule has 0 saturated heterocycles. The van der Waals surface area contributed by atoms with Gasteiger partial charge < -0.3 is 10.0 Å². The van der Waals surface area contributed by atoms with Gasteiger partial charge in [0.25, 0.3) is 0 Å². The second-order valence-electron chi connectivity index (χ2n) is 2.73. The summed E-state index contributed by atoms with van der Waals surface area (Å²) in [5, 5.41) is 16.6. The van der Waals surface area contributed by atoms with Crippen LogP contribution in [-0.4, -0.2) is 17.2 Å². The summed E-state index contributed by atoms with van der Waals surface area (Å²) >= 11 is 5.25. The predicted octanol–water partition coefficient (Wildman–Crippen LogP) is 1.18. The smallest absolute Gasteiger partial charge is 0.423 e. The molecule has 0 radical (unpaired) electrons. The van der Waals surface area contributed by atoms with E-state index in [2.05, 4.69) is 0 Å². The fourth-order valence-corrected chi connectivity index (χ4v) is 1.17. The van der Waals surface area contributed by atoms with E-state index in [1.165, 1.54) is 0 Å². The van der Waals surface area contributed by atoms with E-state index in [4.69, 9.17) is 21.6 Å². The van der Waals surface area contributed by atoms with E-state index < -0.39 is 35.2 Å². The normalized spacial score (nSPS) is 11.7. The monoisotopic (exact) mass is 242 g/mol. The van der Waals surface area contributed by atoms with E-state index in [9.17, 15) is 17.6 Å². The summed E-state index contributed by atoms with van der Waals surface area (Å²) in [7, 11) is -2.26. The van der Waals surface area contributed by atoms with Crippen LogP contribution in [0.3, 0.4) is 0 Å². The molecule has 0 aliphatic rings. The third-order valence-corrected chi connectivity index (χ3v) is 2.06. The first-order valence-corrected chi connectivity index (χ1v) is 4.03. The third kappa shape index (κ3) is 2.61. The highest BCUT2D eigenvalue weighted by Crippen LogP contribution is 2.30. The molecular formula is C7H4BClF4O2. The van der Waals surface area contributed by atoms with Crippen molar-refractivity contribution >= 4 is 24.2 Å². The number of hydrogen-bond donors (Lipinski definition) is 2. The molecule has 0 unspecified atom stereocenters. The lowest BCUT2D eigenvalue weighted by Gasteiger charge is -2.10. The van der Waals surface area contributed by atoms with E-state index in [0.29, 0.717) is 6.07 Å². The van der Waals surface area contributed by atoms with Gasteiger partial charge in [-0.15, -0.1) is 0 Å². The average molecular weight is 242 g/mol. The van der Waals surface area contributed by atoms with Gasteiger partial charge in [0.1, 0.15) is 5.82 Å². The molecule has 82 valence electrons. The summed E-state index contributed by atoms with van der Waals surface area (Å²) in [5.41, 5.74) is -2.04. The fraction of sp³-hybridized carbons (Fsp3) is 0.143. The van der Waals surface area contributed by atoms with Gasteiger partial charge in [-0.05, 0) is 12.1 Å². The van der Waals surface area contributed by atoms with E-state index in [1.54, 1.807) is 0 Å². The van der Waals surface area contributed by atoms with Gasteiger partial charge in [0, 0.05) is 5.46 Å². The van der Waals surface area contributed by atoms with Crippen molar-refractivity contribution in [2.45, 2.75) is 6.18 Å². The molecule has 2 N–H and O–H groups in total. The van der Waals surface area contributed by atoms with Gasteiger partial charge in [-0.2, -0.15) is 13.2 Å². The predicted molar refractivity (Wildman–Crippen MR) is 46.2 cm³/mol. The molecular weight excluding hydrogens is 238 g/mol. The van der Waals surface area contributed by atoms with Crippen molar-refractivity contribution < 1.29 is 27.6 Å². The standard InChI is InChI=1S/C7H4BClF4O2/c9-6-4(8(14)15)1-3(2-5(6)10)7(11,12)13/h1-2,14-15H. The molecule has 0 atom stereocenters. The Morgan fingerprint density at radius 1 is 1.20 bits per heavy atom. The van der Waals surface area contributed by atoms with E-state index >= 15 is 0 Å². The Bertz CT molecular complexity index is 380. The molecule has 0 heterocycles. The quantitative estimate of drug-likeness (QED) is 0.573. The van der Waals surface area contributed by atoms with Gasteiger partial charge in [-0.1, -0.05) is 11.6 Å². The van der Waals surface area contributed by atoms with Crippen LogP contribution in [0.1, 0.15) is 5.56 Å². The minimum absolute atomic E-state index is 0.189. The molecule has 0 aromatic heterocycles. The molecule has 0 aliphatic heterocycles. The van der Waals surface area contributed by atoms with E-state index in [1.807, 2.05) is 0 Å². The van der Waals surface area contributed by atoms with Crippen molar-refractivity contribution in [3.05, 3.63) is 28.5 Å². The highest BCUT2D eigenvalue weighted by atomic mass is 35.5. The summed E-state index contributed by atoms with van der Waals surface area (Å²) in [6.07, 6.45) is -4.77. The second-order valence-corrected chi connectivity index (χ2v) is 3.11. The summed E-state index contributed by atoms with van der Waals surface area (Å²) < 4.78 is 49.4. The molecule has 0 bridgehead atoms. The van der Waals surface area contributed by atoms with Gasteiger partial charge in [0.05, 0.1) is 10.6 Å². The van der Waals surface area contributed by atoms with E-state index in [-0.39, 0.29) is 6.07 Å². The summed E-state index contributed by atoms with van der Waals surface area (Å²) in [4.78, 5) is 0. The van der Waals surface area contributed by atoms with Crippen LogP contribution in [-0.2, 0) is 6.18 Å². The number of halogens is 5. The average Bonchev–Trinajstić information content (AvgIpc) is 2.06. The molecule has 0 aliphatic carbocycles. The van der Waals surface area contributed by atoms with Crippen LogP contribution in [0.5, 0.6) is 0 Å². The Hall–Kier alpha value is -0.785. The van der Waals surface area contributed by atoms with Crippen LogP contribution < -0.4 is 5.46 Å². The molecule has 0 spiro atoms. The zero-order valence-electron chi connectivity index (χ0n) is 7.02. The van der Waals surface area contributed by atoms with Crippen molar-refractivity contribution in [2.24, 2.45) is 0 Å². The van der Waals surface area contributed by atoms with Crippen LogP contribution >= 0.6 is 11.6 Å². The van der Waals surface area contributed by atoms with Crippen molar-refractivity contribution in [1.82, 2.24) is 0 Å². The Kier molecular flexibility index (Phi) is 3.27. The first-order valence-electron chi connectivity index (χ1n) is 3.65. The first-order chi connectivity index (χ1) is 6.73. The minimum atomic E-state index is -4.77. The second kappa shape index (κ2) is 4.00. The number of hydrogen-bond acceptors (Lipinski definition) is 2. The number of benzene rings is 1. The third-order valence-electron chi connectivity index (χ3n) is 1.66. The molecule has 1 aromatic rings. The van der Waals surface area contributed by atoms with Crippen LogP contribution in [0.15, 0.2) is 12.1 Å². The van der Waals surface area contributed by atoms with Crippen molar-refractivity contribution in [3.8, 4) is 0 Å². The molecule has 1 rings (SSSR count). The molecule has 8 heteroatoms. The zero-order chi connectivity index (χ0) is 11.8. The highest BCUT2D eigenvalue weighted by molar-refractivity contribution is 6.62. The van der Waals surface area contributed by atoms with Gasteiger partial charge in [-0.25, -0.2) is 4.39 Å². The van der Waals surface area contributed by atoms with Crippen LogP contribution in [0, 0.1) is 5.82 Å². The number of alkyl halides is 3. The Morgan fingerprint density at radius 2 is 1.73 bits per heavy atom. The molecule has 0 saturated carbocycles. The first kappa shape index (κ1) is 12.3. The van der Waals surface area contributed by atoms with E-state index in [0.717, 1.165) is 0 Å². The van der Waals surface area contributed by atoms with Crippen molar-refractivity contribution in [1.29, 1.82) is 0 Å². The Labute approximate surface area is 87.2 Å². The van der Waals surface area contributed by atoms with Gasteiger partial charge in [0.15, 0.2) is 0 Å². The van der Waals surface area contributed by atoms with Crippen molar-refractivity contribution in [2.75, 3.05) is 0 Å². The lowest BCUT2D eigenvalue weighted by atomic mass is 9.79. The summed E-state index contributed by atoms with van der Waals surface area (Å²) in [6, 6.07) is 0.574. The van der Waals surface area contributed by atoms with Crippen molar-refractivity contribution in [3.63, 3.8) is 0 Å². The molecule has 0 fully saturated rings. The van der Waals surface area contributed by atoms with Crippen LogP contribution in [0.4, 0.5) is 17.6 Å². The largest absolute Gasteiger partial charge is 0.490 e. The van der Waals surface area contributed by atoms with Crippen LogP contribution in [0.2, 0.25) is 5.02 Å². The molecule has 2 nitrogen and oxygen atoms in total. The maximum absolute atomic E-state index is 12.9. The SMILES string of the molecule is OB(O)c1cc(C(F)(F)F)cc(F)c1Cl. The molecule has 1 aromatic carbocycles. The van der Waals surface area contributed by atoms with Gasteiger partial charge >= 0.3 is 13.3 Å². The van der Waals surface area contributed by atoms with Crippen LogP contribution in [0.25, 0.3) is 0 Å². The summed E-state index contributed by atoms with van der Waals surface area (Å²) in [5.74, 6) is -1.35. The lowest BCUT2D eigenvalue weighted by Crippen LogP contribution is -2.32. The highest BCUT2D eigenvalue weighted by Gasteiger charge is 2.33.